The van der Waals surface area contributed by atoms with E-state index in [0.717, 1.165) is 54.0 Å². The first-order valence-electron chi connectivity index (χ1n) is 44.7. The Kier molecular flexibility index (Phi) is 22.6. The first kappa shape index (κ1) is 77.4. The van der Waals surface area contributed by atoms with Crippen LogP contribution >= 0.6 is 0 Å². The normalized spacial score (nSPS) is 13.0. The van der Waals surface area contributed by atoms with Crippen LogP contribution in [0.3, 0.4) is 0 Å². The van der Waals surface area contributed by atoms with Gasteiger partial charge in [0.15, 0.2) is 0 Å². The summed E-state index contributed by atoms with van der Waals surface area (Å²) in [7, 11) is 0. The molecule has 0 N–H and O–H groups in total. The van der Waals surface area contributed by atoms with E-state index >= 15 is 0 Å². The van der Waals surface area contributed by atoms with Crippen LogP contribution in [0.4, 0.5) is 17.1 Å². The summed E-state index contributed by atoms with van der Waals surface area (Å²) >= 11 is 0. The number of aryl methyl sites for hydroxylation is 6. The van der Waals surface area contributed by atoms with Crippen molar-refractivity contribution in [1.82, 2.24) is 4.57 Å². The Labute approximate surface area is 702 Å². The first-order chi connectivity index (χ1) is 58.1. The number of benzene rings is 15. The Morgan fingerprint density at radius 1 is 0.246 bits per heavy atom. The van der Waals surface area contributed by atoms with Crippen molar-refractivity contribution in [3.8, 4) is 61.3 Å². The van der Waals surface area contributed by atoms with Crippen molar-refractivity contribution < 1.29 is 0 Å². The minimum absolute atomic E-state index is 0.634. The SMILES string of the molecule is CCCCCCc1ccc(C2(c3ccc(CCCCCC)cc3)c3cc(C)ccc3-c3ccc(N(c4ccc(-c5ccc6c(c5)c5cc(-c7ccccc7)ccc5n6-c5ccc(-c6cccc7ccccc67)cc5)cc4)c4ccc5c(c4)C(c4ccc(CCCCCC)cc4)(c4ccc(CCCCCC)cc4)c4cc(C)ccc4-5)cc32)cc1. The minimum atomic E-state index is -0.634. The van der Waals surface area contributed by atoms with Gasteiger partial charge in [-0.3, -0.25) is 0 Å². The highest BCUT2D eigenvalue weighted by atomic mass is 15.1. The Bertz CT molecular complexity index is 5880. The summed E-state index contributed by atoms with van der Waals surface area (Å²) in [5.41, 5.74) is 36.6. The highest BCUT2D eigenvalue weighted by Crippen LogP contribution is 2.61. The van der Waals surface area contributed by atoms with Crippen molar-refractivity contribution in [3.05, 3.63) is 405 Å². The Balaban J connectivity index is 0.825. The molecule has 2 aliphatic carbocycles. The predicted octanol–water partition coefficient (Wildman–Crippen LogP) is 32.2. The van der Waals surface area contributed by atoms with Crippen LogP contribution in [0.25, 0.3) is 93.9 Å². The maximum Gasteiger partial charge on any atom is 0.0714 e. The van der Waals surface area contributed by atoms with Gasteiger partial charge in [0.25, 0.3) is 0 Å². The highest BCUT2D eigenvalue weighted by Gasteiger charge is 2.49. The van der Waals surface area contributed by atoms with Crippen LogP contribution in [0, 0.1) is 13.8 Å². The summed E-state index contributed by atoms with van der Waals surface area (Å²) in [6, 6.07) is 128. The lowest BCUT2D eigenvalue weighted by Gasteiger charge is -2.36. The number of hydrogen-bond acceptors (Lipinski definition) is 1. The van der Waals surface area contributed by atoms with Crippen LogP contribution in [-0.2, 0) is 36.5 Å². The van der Waals surface area contributed by atoms with Crippen LogP contribution < -0.4 is 4.90 Å². The zero-order valence-corrected chi connectivity index (χ0v) is 70.2. The molecule has 0 unspecified atom stereocenters. The van der Waals surface area contributed by atoms with E-state index in [1.165, 1.54) is 263 Å². The summed E-state index contributed by atoms with van der Waals surface area (Å²) in [6.45, 7) is 13.8. The molecule has 16 aromatic rings. The van der Waals surface area contributed by atoms with Gasteiger partial charge < -0.3 is 9.47 Å². The minimum Gasteiger partial charge on any atom is -0.310 e. The van der Waals surface area contributed by atoms with Gasteiger partial charge in [0.05, 0.1) is 21.9 Å². The van der Waals surface area contributed by atoms with Crippen molar-refractivity contribution in [1.29, 1.82) is 0 Å². The second-order valence-corrected chi connectivity index (χ2v) is 34.2. The molecule has 18 rings (SSSR count). The van der Waals surface area contributed by atoms with Gasteiger partial charge in [-0.25, -0.2) is 0 Å². The van der Waals surface area contributed by atoms with Crippen molar-refractivity contribution in [2.75, 3.05) is 4.90 Å². The number of nitrogens with zero attached hydrogens (tertiary/aromatic N) is 2. The van der Waals surface area contributed by atoms with E-state index in [9.17, 15) is 0 Å². The zero-order valence-electron chi connectivity index (χ0n) is 70.2. The monoisotopic (exact) mass is 1530 g/mol. The third kappa shape index (κ3) is 14.6. The molecule has 0 aliphatic heterocycles. The molecule has 1 aromatic heterocycles. The van der Waals surface area contributed by atoms with Crippen LogP contribution in [0.2, 0.25) is 0 Å². The second kappa shape index (κ2) is 34.4. The first-order valence-corrected chi connectivity index (χ1v) is 44.7. The summed E-state index contributed by atoms with van der Waals surface area (Å²) in [5, 5.41) is 4.96. The molecule has 15 aromatic carbocycles. The van der Waals surface area contributed by atoms with Gasteiger partial charge in [-0.1, -0.05) is 371 Å². The molecule has 1 heterocycles. The fourth-order valence-electron chi connectivity index (χ4n) is 20.2. The molecule has 586 valence electrons. The van der Waals surface area contributed by atoms with E-state index in [2.05, 4.69) is 379 Å². The maximum atomic E-state index is 2.61. The van der Waals surface area contributed by atoms with E-state index < -0.39 is 10.8 Å². The molecule has 2 nitrogen and oxygen atoms in total. The van der Waals surface area contributed by atoms with Crippen molar-refractivity contribution in [2.24, 2.45) is 0 Å². The van der Waals surface area contributed by atoms with Crippen LogP contribution in [-0.4, -0.2) is 4.57 Å². The van der Waals surface area contributed by atoms with E-state index in [-0.39, 0.29) is 0 Å². The number of unbranched alkanes of at least 4 members (excludes halogenated alkanes) is 12. The van der Waals surface area contributed by atoms with Gasteiger partial charge in [0, 0.05) is 33.5 Å². The fourth-order valence-corrected chi connectivity index (χ4v) is 20.2. The van der Waals surface area contributed by atoms with E-state index in [0.29, 0.717) is 0 Å². The third-order valence-electron chi connectivity index (χ3n) is 26.5. The largest absolute Gasteiger partial charge is 0.310 e. The lowest BCUT2D eigenvalue weighted by molar-refractivity contribution is 0.666. The average molecular weight is 1530 g/mol. The Morgan fingerprint density at radius 3 is 1.03 bits per heavy atom. The number of hydrogen-bond donors (Lipinski definition) is 0. The Morgan fingerprint density at radius 2 is 0.602 bits per heavy atom. The molecule has 2 heteroatoms. The van der Waals surface area contributed by atoms with Crippen molar-refractivity contribution in [2.45, 2.75) is 181 Å². The quantitative estimate of drug-likeness (QED) is 0.0393. The average Bonchev–Trinajstić information content (AvgIpc) is 1.53. The molecule has 0 bridgehead atoms. The van der Waals surface area contributed by atoms with Crippen LogP contribution in [0.1, 0.15) is 208 Å². The number of aromatic nitrogens is 1. The Hall–Kier alpha value is -11.8. The standard InChI is InChI=1S/C116H112N2/c1-7-11-15-20-29-83-41-55-93(56-42-83)115(94-57-43-84(44-58-94)30-21-16-12-8-2)109-75-81(5)39-69-103(109)105-71-67-99(79-111(105)115)117(100-68-72-106-104-70-40-82(6)76-110(104)116(112(106)80-100,95-59-45-85(46-60-95)31-22-17-13-9-3)96-61-47-86(48-62-96)32-23-18-14-10-4)97-63-49-88(50-64-97)92-54-74-114-108(78-92)107-77-91(87-33-24-19-25-34-87)53-73-113(107)118(114)98-65-51-90(52-66-98)102-38-28-36-89-35-26-27-37-101(89)102/h19,24-28,33-80H,7-18,20-23,29-32H2,1-6H3. The number of anilines is 3. The predicted molar refractivity (Wildman–Crippen MR) is 505 cm³/mol. The van der Waals surface area contributed by atoms with E-state index in [4.69, 9.17) is 0 Å². The topological polar surface area (TPSA) is 8.17 Å². The molecule has 0 atom stereocenters. The number of rotatable bonds is 31. The molecule has 0 radical (unpaired) electrons. The molecule has 118 heavy (non-hydrogen) atoms. The lowest BCUT2D eigenvalue weighted by atomic mass is 9.67. The van der Waals surface area contributed by atoms with Crippen molar-refractivity contribution >= 4 is 49.6 Å². The molecule has 0 fully saturated rings. The van der Waals surface area contributed by atoms with Gasteiger partial charge in [-0.15, -0.1) is 0 Å². The zero-order chi connectivity index (χ0) is 80.1. The summed E-state index contributed by atoms with van der Waals surface area (Å²) in [6.07, 6.45) is 24.2. The van der Waals surface area contributed by atoms with E-state index in [1.807, 2.05) is 0 Å². The summed E-state index contributed by atoms with van der Waals surface area (Å²) in [5.74, 6) is 0. The van der Waals surface area contributed by atoms with Crippen molar-refractivity contribution in [3.63, 3.8) is 0 Å². The second-order valence-electron chi connectivity index (χ2n) is 34.2. The third-order valence-corrected chi connectivity index (χ3v) is 26.5. The molecule has 0 spiro atoms. The van der Waals surface area contributed by atoms with Gasteiger partial charge in [-0.2, -0.15) is 0 Å². The van der Waals surface area contributed by atoms with Crippen LogP contribution in [0.5, 0.6) is 0 Å². The molecular formula is C116H112N2. The smallest absolute Gasteiger partial charge is 0.0714 e. The highest BCUT2D eigenvalue weighted by molar-refractivity contribution is 6.12. The van der Waals surface area contributed by atoms with Gasteiger partial charge in [0.2, 0.25) is 0 Å². The lowest BCUT2D eigenvalue weighted by Crippen LogP contribution is -2.29. The fraction of sp³-hybridized carbons (Fsp3) is 0.241. The van der Waals surface area contributed by atoms with Crippen LogP contribution in [0.15, 0.2) is 328 Å². The molecule has 2 aliphatic rings. The van der Waals surface area contributed by atoms with Gasteiger partial charge in [-0.05, 0) is 271 Å². The van der Waals surface area contributed by atoms with E-state index in [1.54, 1.807) is 0 Å². The maximum absolute atomic E-state index is 2.61. The molecule has 0 saturated heterocycles. The molecular weight excluding hydrogens is 1420 g/mol. The molecule has 0 amide bonds. The summed E-state index contributed by atoms with van der Waals surface area (Å²) < 4.78 is 2.47. The molecule has 0 saturated carbocycles. The van der Waals surface area contributed by atoms with Gasteiger partial charge in [0.1, 0.15) is 0 Å². The summed E-state index contributed by atoms with van der Waals surface area (Å²) in [4.78, 5) is 2.60. The van der Waals surface area contributed by atoms with Gasteiger partial charge >= 0.3 is 0 Å². The number of fused-ring (bicyclic) bond motifs is 10.